The minimum absolute atomic E-state index is 1.00. The lowest BCUT2D eigenvalue weighted by Gasteiger charge is -2.43. The van der Waals surface area contributed by atoms with Gasteiger partial charge in [-0.05, 0) is 11.1 Å². The molecule has 0 unspecified atom stereocenters. The monoisotopic (exact) mass is 352 g/mol. The lowest BCUT2D eigenvalue weighted by Crippen LogP contribution is -2.58. The molecule has 1 aromatic carbocycles. The molecule has 0 heterocycles. The van der Waals surface area contributed by atoms with Crippen molar-refractivity contribution in [3.05, 3.63) is 35.4 Å². The van der Waals surface area contributed by atoms with Crippen LogP contribution in [0.25, 0.3) is 0 Å². The summed E-state index contributed by atoms with van der Waals surface area (Å²) in [5.41, 5.74) is 2.89. The van der Waals surface area contributed by atoms with Gasteiger partial charge in [0.15, 0.2) is 0 Å². The van der Waals surface area contributed by atoms with Crippen molar-refractivity contribution in [2.45, 2.75) is 72.0 Å². The van der Waals surface area contributed by atoms with Crippen molar-refractivity contribution < 1.29 is 0 Å². The van der Waals surface area contributed by atoms with Crippen LogP contribution < -0.4 is 4.98 Å². The topological polar surface area (TPSA) is 15.3 Å². The summed E-state index contributed by atoms with van der Waals surface area (Å²) in [6, 6.07) is 9.18. The van der Waals surface area contributed by atoms with E-state index in [2.05, 4.69) is 92.4 Å². The van der Waals surface area contributed by atoms with Crippen molar-refractivity contribution in [2.24, 2.45) is 0 Å². The highest BCUT2D eigenvalue weighted by atomic mass is 28.4. The van der Waals surface area contributed by atoms with E-state index < -0.39 is 24.7 Å². The molecule has 0 saturated carbocycles. The van der Waals surface area contributed by atoms with Crippen molar-refractivity contribution in [2.75, 3.05) is 0 Å². The van der Waals surface area contributed by atoms with E-state index in [0.29, 0.717) is 0 Å². The molecule has 0 radical (unpaired) electrons. The molecule has 126 valence electrons. The van der Waals surface area contributed by atoms with Crippen LogP contribution >= 0.6 is 0 Å². The van der Waals surface area contributed by atoms with Crippen LogP contribution in [-0.4, -0.2) is 28.9 Å². The number of benzene rings is 1. The van der Waals surface area contributed by atoms with Crippen LogP contribution in [0.4, 0.5) is 0 Å². The fraction of sp³-hybridized carbons (Fsp3) is 0.647. The third-order valence-corrected chi connectivity index (χ3v) is 12.6. The van der Waals surface area contributed by atoms with Gasteiger partial charge in [0.25, 0.3) is 0 Å². The van der Waals surface area contributed by atoms with E-state index in [9.17, 15) is 0 Å². The van der Waals surface area contributed by atoms with Gasteiger partial charge in [-0.1, -0.05) is 83.2 Å². The van der Waals surface area contributed by atoms with Crippen LogP contribution in [0.3, 0.4) is 0 Å². The zero-order valence-electron chi connectivity index (χ0n) is 16.2. The molecule has 0 aliphatic heterocycles. The molecule has 22 heavy (non-hydrogen) atoms. The molecular weight excluding hydrogens is 316 g/mol. The van der Waals surface area contributed by atoms with Crippen LogP contribution in [0.5, 0.6) is 0 Å². The van der Waals surface area contributed by atoms with Gasteiger partial charge in [-0.15, -0.1) is 0 Å². The zero-order valence-corrected chi connectivity index (χ0v) is 19.2. The minimum atomic E-state index is -1.28. The molecule has 1 aromatic rings. The fourth-order valence-electron chi connectivity index (χ4n) is 2.87. The highest BCUT2D eigenvalue weighted by molar-refractivity contribution is 6.89. The molecule has 0 bridgehead atoms. The molecule has 2 nitrogen and oxygen atoms in total. The molecule has 0 saturated heterocycles. The Kier molecular flexibility index (Phi) is 6.43. The van der Waals surface area contributed by atoms with Gasteiger partial charge in [-0.2, -0.15) is 0 Å². The van der Waals surface area contributed by atoms with Gasteiger partial charge < -0.3 is 9.21 Å². The number of nitrogens with one attached hydrogen (secondary N) is 1. The second-order valence-corrected chi connectivity index (χ2v) is 24.4. The second kappa shape index (κ2) is 7.13. The Balaban J connectivity index is 2.89. The quantitative estimate of drug-likeness (QED) is 0.688. The molecule has 5 heteroatoms. The first-order valence-corrected chi connectivity index (χ1v) is 18.8. The third-order valence-electron chi connectivity index (χ3n) is 3.77. The van der Waals surface area contributed by atoms with E-state index in [1.807, 2.05) is 0 Å². The van der Waals surface area contributed by atoms with Gasteiger partial charge in [0.1, 0.15) is 24.7 Å². The maximum absolute atomic E-state index is 3.72. The molecule has 0 aliphatic carbocycles. The Morgan fingerprint density at radius 1 is 0.818 bits per heavy atom. The molecule has 1 N–H and O–H groups in total. The highest BCUT2D eigenvalue weighted by Crippen LogP contribution is 2.23. The fourth-order valence-corrected chi connectivity index (χ4v) is 13.0. The summed E-state index contributed by atoms with van der Waals surface area (Å²) in [6.45, 7) is 24.0. The van der Waals surface area contributed by atoms with E-state index in [0.717, 1.165) is 13.1 Å². The summed E-state index contributed by atoms with van der Waals surface area (Å²) in [4.78, 5) is 3.72. The Morgan fingerprint density at radius 3 is 1.77 bits per heavy atom. The Morgan fingerprint density at radius 2 is 1.32 bits per heavy atom. The summed E-state index contributed by atoms with van der Waals surface area (Å²) in [5, 5.41) is 0. The molecule has 0 atom stereocenters. The lowest BCUT2D eigenvalue weighted by molar-refractivity contribution is 0.611. The van der Waals surface area contributed by atoms with E-state index in [-0.39, 0.29) is 0 Å². The van der Waals surface area contributed by atoms with Crippen LogP contribution in [0.1, 0.15) is 11.1 Å². The van der Waals surface area contributed by atoms with Gasteiger partial charge in [-0.3, -0.25) is 0 Å². The van der Waals surface area contributed by atoms with Gasteiger partial charge in [0.2, 0.25) is 0 Å². The minimum Gasteiger partial charge on any atom is -0.342 e. The molecule has 0 aromatic heterocycles. The van der Waals surface area contributed by atoms with E-state index in [4.69, 9.17) is 0 Å². The van der Waals surface area contributed by atoms with E-state index in [1.54, 1.807) is 0 Å². The third kappa shape index (κ3) is 6.91. The summed E-state index contributed by atoms with van der Waals surface area (Å²) < 4.78 is 2.85. The largest absolute Gasteiger partial charge is 0.342 e. The number of hydrogen-bond acceptors (Lipinski definition) is 2. The van der Waals surface area contributed by atoms with Crippen molar-refractivity contribution in [1.29, 1.82) is 0 Å². The van der Waals surface area contributed by atoms with E-state index in [1.165, 1.54) is 11.1 Å². The Labute approximate surface area is 141 Å². The van der Waals surface area contributed by atoms with Crippen molar-refractivity contribution >= 4 is 24.7 Å². The maximum atomic E-state index is 3.72. The molecule has 1 rings (SSSR count). The van der Waals surface area contributed by atoms with Crippen molar-refractivity contribution in [1.82, 2.24) is 9.21 Å². The van der Waals surface area contributed by atoms with Crippen LogP contribution in [0.15, 0.2) is 24.3 Å². The van der Waals surface area contributed by atoms with Crippen LogP contribution in [-0.2, 0) is 13.1 Å². The molecule has 0 amide bonds. The predicted octanol–water partition coefficient (Wildman–Crippen LogP) is 5.08. The molecule has 0 spiro atoms. The predicted molar refractivity (Wildman–Crippen MR) is 109 cm³/mol. The molecule has 0 fully saturated rings. The second-order valence-electron chi connectivity index (χ2n) is 9.35. The maximum Gasteiger partial charge on any atom is 0.116 e. The number of hydrogen-bond donors (Lipinski definition) is 1. The summed E-state index contributed by atoms with van der Waals surface area (Å²) in [6.07, 6.45) is 0. The SMILES string of the molecule is C[Si](C)(C)NCc1cccc(CN([Si](C)(C)C)[Si](C)(C)C)c1. The standard InChI is InChI=1S/C17H36N2Si3/c1-20(2,3)18-14-16-11-10-12-17(13-16)15-19(21(4,5)6)22(7,8)9/h10-13,18H,14-15H2,1-9H3. The molecular formula is C17H36N2Si3. The van der Waals surface area contributed by atoms with Crippen LogP contribution in [0, 0.1) is 0 Å². The summed E-state index contributed by atoms with van der Waals surface area (Å²) in [7, 11) is -3.76. The van der Waals surface area contributed by atoms with Gasteiger partial charge in [0.05, 0.1) is 0 Å². The normalized spacial score (nSPS) is 13.7. The van der Waals surface area contributed by atoms with E-state index >= 15 is 0 Å². The average Bonchev–Trinajstić information content (AvgIpc) is 2.30. The first-order chi connectivity index (χ1) is 9.79. The Hall–Kier alpha value is -0.209. The van der Waals surface area contributed by atoms with Gasteiger partial charge in [0, 0.05) is 13.1 Å². The lowest BCUT2D eigenvalue weighted by atomic mass is 10.1. The van der Waals surface area contributed by atoms with Crippen LogP contribution in [0.2, 0.25) is 58.9 Å². The van der Waals surface area contributed by atoms with Crippen molar-refractivity contribution in [3.63, 3.8) is 0 Å². The molecule has 0 aliphatic rings. The van der Waals surface area contributed by atoms with Crippen molar-refractivity contribution in [3.8, 4) is 0 Å². The zero-order chi connectivity index (χ0) is 17.2. The number of nitrogens with zero attached hydrogens (tertiary/aromatic N) is 1. The first kappa shape index (κ1) is 19.8. The first-order valence-electron chi connectivity index (χ1n) is 8.40. The van der Waals surface area contributed by atoms with Gasteiger partial charge >= 0.3 is 0 Å². The summed E-state index contributed by atoms with van der Waals surface area (Å²) in [5.74, 6) is 0. The van der Waals surface area contributed by atoms with Gasteiger partial charge in [-0.25, -0.2) is 0 Å². The average molecular weight is 353 g/mol. The number of rotatable bonds is 7. The highest BCUT2D eigenvalue weighted by Gasteiger charge is 2.34. The smallest absolute Gasteiger partial charge is 0.116 e. The summed E-state index contributed by atoms with van der Waals surface area (Å²) >= 11 is 0. The Bertz CT molecular complexity index is 468.